The Balaban J connectivity index is 2.45. The predicted octanol–water partition coefficient (Wildman–Crippen LogP) is -1.84. The quantitative estimate of drug-likeness (QED) is 0.346. The normalized spacial score (nSPS) is 25.4. The lowest BCUT2D eigenvalue weighted by Crippen LogP contribution is -2.59. The van der Waals surface area contributed by atoms with Crippen molar-refractivity contribution in [1.29, 1.82) is 0 Å². The zero-order valence-corrected chi connectivity index (χ0v) is 8.06. The molecule has 0 aromatic rings. The second-order valence-electron chi connectivity index (χ2n) is 3.45. The second kappa shape index (κ2) is 5.43. The van der Waals surface area contributed by atoms with E-state index in [4.69, 9.17) is 0 Å². The molecule has 0 radical (unpaired) electrons. The first kappa shape index (κ1) is 11.6. The molecular formula is C9H18N2O3. The van der Waals surface area contributed by atoms with Crippen molar-refractivity contribution in [2.24, 2.45) is 0 Å². The molecule has 5 N–H and O–H groups in total. The number of rotatable bonds is 4. The van der Waals surface area contributed by atoms with E-state index in [1.165, 1.54) is 6.08 Å². The van der Waals surface area contributed by atoms with Crippen LogP contribution in [0.4, 0.5) is 0 Å². The molecule has 0 bridgehead atoms. The summed E-state index contributed by atoms with van der Waals surface area (Å²) >= 11 is 0. The Morgan fingerprint density at radius 2 is 1.79 bits per heavy atom. The van der Waals surface area contributed by atoms with Gasteiger partial charge < -0.3 is 15.3 Å². The fourth-order valence-electron chi connectivity index (χ4n) is 1.46. The molecule has 0 aromatic carbocycles. The molecule has 0 unspecified atom stereocenters. The minimum absolute atomic E-state index is 0.367. The lowest BCUT2D eigenvalue weighted by molar-refractivity contribution is -0.0629. The van der Waals surface area contributed by atoms with Gasteiger partial charge in [-0.2, -0.15) is 0 Å². The summed E-state index contributed by atoms with van der Waals surface area (Å²) in [4.78, 5) is 0. The minimum atomic E-state index is -1.21. The summed E-state index contributed by atoms with van der Waals surface area (Å²) in [5.74, 6) is 0. The van der Waals surface area contributed by atoms with Gasteiger partial charge in [0.1, 0.15) is 18.3 Å². The molecule has 0 saturated carbocycles. The van der Waals surface area contributed by atoms with Gasteiger partial charge in [-0.05, 0) is 19.5 Å². The van der Waals surface area contributed by atoms with E-state index in [2.05, 4.69) is 17.2 Å². The second-order valence-corrected chi connectivity index (χ2v) is 3.45. The van der Waals surface area contributed by atoms with Gasteiger partial charge in [0, 0.05) is 0 Å². The fourth-order valence-corrected chi connectivity index (χ4v) is 1.46. The Morgan fingerprint density at radius 1 is 1.21 bits per heavy atom. The summed E-state index contributed by atoms with van der Waals surface area (Å²) in [6.45, 7) is 4.94. The summed E-state index contributed by atoms with van der Waals surface area (Å²) in [6.07, 6.45) is -1.53. The van der Waals surface area contributed by atoms with Gasteiger partial charge in [-0.25, -0.2) is 0 Å². The van der Waals surface area contributed by atoms with Gasteiger partial charge in [0.15, 0.2) is 0 Å². The van der Waals surface area contributed by atoms with Gasteiger partial charge in [-0.1, -0.05) is 6.08 Å². The Kier molecular flexibility index (Phi) is 4.50. The van der Waals surface area contributed by atoms with Crippen LogP contribution < -0.4 is 10.6 Å². The lowest BCUT2D eigenvalue weighted by atomic mass is 10.0. The highest BCUT2D eigenvalue weighted by molar-refractivity contribution is 4.92. The maximum absolute atomic E-state index is 9.66. The van der Waals surface area contributed by atoms with Crippen molar-refractivity contribution in [3.8, 4) is 0 Å². The van der Waals surface area contributed by atoms with E-state index in [1.807, 2.05) is 0 Å². The number of aliphatic hydroxyl groups is 3. The molecule has 1 saturated heterocycles. The Labute approximate surface area is 83.4 Å². The van der Waals surface area contributed by atoms with Crippen LogP contribution in [0.25, 0.3) is 0 Å². The van der Waals surface area contributed by atoms with E-state index in [-0.39, 0.29) is 6.17 Å². The molecule has 0 aromatic heterocycles. The summed E-state index contributed by atoms with van der Waals surface area (Å²) in [5, 5.41) is 34.4. The van der Waals surface area contributed by atoms with Crippen LogP contribution >= 0.6 is 0 Å². The molecule has 14 heavy (non-hydrogen) atoms. The zero-order chi connectivity index (χ0) is 10.6. The highest BCUT2D eigenvalue weighted by atomic mass is 16.4. The molecule has 5 nitrogen and oxygen atoms in total. The first-order valence-corrected chi connectivity index (χ1v) is 4.80. The minimum Gasteiger partial charge on any atom is -0.387 e. The maximum Gasteiger partial charge on any atom is 0.112 e. The monoisotopic (exact) mass is 202 g/mol. The highest BCUT2D eigenvalue weighted by Crippen LogP contribution is 2.06. The first-order chi connectivity index (χ1) is 6.66. The van der Waals surface area contributed by atoms with E-state index >= 15 is 0 Å². The zero-order valence-electron chi connectivity index (χ0n) is 8.06. The molecule has 3 atom stereocenters. The van der Waals surface area contributed by atoms with Crippen LogP contribution in [0.15, 0.2) is 12.7 Å². The van der Waals surface area contributed by atoms with Gasteiger partial charge in [0.25, 0.3) is 0 Å². The van der Waals surface area contributed by atoms with Crippen molar-refractivity contribution in [3.05, 3.63) is 12.7 Å². The highest BCUT2D eigenvalue weighted by Gasteiger charge is 2.30. The van der Waals surface area contributed by atoms with Crippen LogP contribution in [-0.2, 0) is 0 Å². The number of nitrogens with one attached hydrogen (secondary N) is 2. The standard InChI is InChI=1S/C9H18N2O3/c1-2-6(12)7(13)8(14)9-10-4-3-5-11-9/h2,6-14H,1,3-5H2/t6-,7+,8+/m1/s1. The summed E-state index contributed by atoms with van der Waals surface area (Å²) in [6, 6.07) is 0. The average molecular weight is 202 g/mol. The molecular weight excluding hydrogens is 184 g/mol. The largest absolute Gasteiger partial charge is 0.387 e. The van der Waals surface area contributed by atoms with E-state index < -0.39 is 18.3 Å². The molecule has 0 aliphatic carbocycles. The molecule has 1 aliphatic heterocycles. The molecule has 1 rings (SSSR count). The van der Waals surface area contributed by atoms with Crippen molar-refractivity contribution in [2.75, 3.05) is 13.1 Å². The first-order valence-electron chi connectivity index (χ1n) is 4.80. The summed E-state index contributed by atoms with van der Waals surface area (Å²) in [5.41, 5.74) is 0. The van der Waals surface area contributed by atoms with Crippen LogP contribution in [0.2, 0.25) is 0 Å². The molecule has 0 amide bonds. The molecule has 1 aliphatic rings. The van der Waals surface area contributed by atoms with Gasteiger partial charge in [0.05, 0.1) is 6.17 Å². The topological polar surface area (TPSA) is 84.8 Å². The average Bonchev–Trinajstić information content (AvgIpc) is 2.27. The third kappa shape index (κ3) is 2.76. The van der Waals surface area contributed by atoms with Gasteiger partial charge >= 0.3 is 0 Å². The van der Waals surface area contributed by atoms with Crippen molar-refractivity contribution in [2.45, 2.75) is 30.9 Å². The number of aliphatic hydroxyl groups excluding tert-OH is 3. The van der Waals surface area contributed by atoms with Crippen LogP contribution in [0.5, 0.6) is 0 Å². The van der Waals surface area contributed by atoms with Crippen molar-refractivity contribution in [3.63, 3.8) is 0 Å². The Hall–Kier alpha value is -0.460. The van der Waals surface area contributed by atoms with E-state index in [0.29, 0.717) is 0 Å². The Bertz CT molecular complexity index is 183. The van der Waals surface area contributed by atoms with Crippen molar-refractivity contribution < 1.29 is 15.3 Å². The van der Waals surface area contributed by atoms with E-state index in [0.717, 1.165) is 19.5 Å². The maximum atomic E-state index is 9.66. The van der Waals surface area contributed by atoms with Gasteiger partial charge in [-0.3, -0.25) is 10.6 Å². The lowest BCUT2D eigenvalue weighted by Gasteiger charge is -2.32. The Morgan fingerprint density at radius 3 is 2.29 bits per heavy atom. The van der Waals surface area contributed by atoms with Crippen molar-refractivity contribution in [1.82, 2.24) is 10.6 Å². The van der Waals surface area contributed by atoms with Gasteiger partial charge in [0.2, 0.25) is 0 Å². The third-order valence-corrected chi connectivity index (χ3v) is 2.36. The molecule has 5 heteroatoms. The third-order valence-electron chi connectivity index (χ3n) is 2.36. The molecule has 1 heterocycles. The SMILES string of the molecule is C=C[C@@H](O)[C@H](O)[C@H](O)C1NCCCN1. The fraction of sp³-hybridized carbons (Fsp3) is 0.778. The smallest absolute Gasteiger partial charge is 0.112 e. The summed E-state index contributed by atoms with van der Waals surface area (Å²) < 4.78 is 0. The molecule has 82 valence electrons. The van der Waals surface area contributed by atoms with Crippen LogP contribution in [0, 0.1) is 0 Å². The van der Waals surface area contributed by atoms with E-state index in [1.54, 1.807) is 0 Å². The van der Waals surface area contributed by atoms with Crippen LogP contribution in [0.3, 0.4) is 0 Å². The molecule has 1 fully saturated rings. The van der Waals surface area contributed by atoms with Crippen LogP contribution in [-0.4, -0.2) is 52.9 Å². The number of hydrogen-bond donors (Lipinski definition) is 5. The molecule has 0 spiro atoms. The van der Waals surface area contributed by atoms with Crippen LogP contribution in [0.1, 0.15) is 6.42 Å². The predicted molar refractivity (Wildman–Crippen MR) is 52.6 cm³/mol. The summed E-state index contributed by atoms with van der Waals surface area (Å²) in [7, 11) is 0. The number of hydrogen-bond acceptors (Lipinski definition) is 5. The van der Waals surface area contributed by atoms with Gasteiger partial charge in [-0.15, -0.1) is 6.58 Å². The van der Waals surface area contributed by atoms with Crippen molar-refractivity contribution >= 4 is 0 Å². The van der Waals surface area contributed by atoms with E-state index in [9.17, 15) is 15.3 Å².